The van der Waals surface area contributed by atoms with Gasteiger partial charge in [-0.05, 0) is 42.2 Å². The summed E-state index contributed by atoms with van der Waals surface area (Å²) in [6.45, 7) is 1.35. The zero-order valence-corrected chi connectivity index (χ0v) is 20.3. The summed E-state index contributed by atoms with van der Waals surface area (Å²) in [6, 6.07) is 10.9. The minimum atomic E-state index is -1.19. The van der Waals surface area contributed by atoms with Gasteiger partial charge >= 0.3 is 5.97 Å². The van der Waals surface area contributed by atoms with Crippen molar-refractivity contribution >= 4 is 40.9 Å². The highest BCUT2D eigenvalue weighted by molar-refractivity contribution is 6.39. The summed E-state index contributed by atoms with van der Waals surface area (Å²) in [6.07, 6.45) is 4.36. The third-order valence-corrected chi connectivity index (χ3v) is 6.22. The largest absolute Gasteiger partial charge is 0.480 e. The lowest BCUT2D eigenvalue weighted by Crippen LogP contribution is -2.42. The number of aromatic nitrogens is 2. The Kier molecular flexibility index (Phi) is 8.05. The monoisotopic (exact) mass is 514 g/mol. The second-order valence-corrected chi connectivity index (χ2v) is 8.92. The molecule has 0 fully saturated rings. The normalized spacial score (nSPS) is 13.3. The van der Waals surface area contributed by atoms with E-state index in [1.165, 1.54) is 23.9 Å². The minimum absolute atomic E-state index is 0.0302. The van der Waals surface area contributed by atoms with Crippen LogP contribution in [0.25, 0.3) is 0 Å². The molecule has 0 saturated heterocycles. The van der Waals surface area contributed by atoms with Gasteiger partial charge in [0.1, 0.15) is 11.9 Å². The van der Waals surface area contributed by atoms with Crippen LogP contribution in [0.2, 0.25) is 10.0 Å². The van der Waals surface area contributed by atoms with Crippen LogP contribution in [0.4, 0.5) is 5.82 Å². The molecule has 0 aliphatic carbocycles. The molecule has 1 aromatic carbocycles. The number of carbonyl (C=O) groups excluding carboxylic acids is 1. The molecule has 1 amide bonds. The Morgan fingerprint density at radius 3 is 2.66 bits per heavy atom. The molecule has 0 radical (unpaired) electrons. The van der Waals surface area contributed by atoms with Gasteiger partial charge in [-0.1, -0.05) is 41.4 Å². The van der Waals surface area contributed by atoms with E-state index in [1.807, 2.05) is 6.07 Å². The molecule has 0 spiro atoms. The second-order valence-electron chi connectivity index (χ2n) is 8.11. The van der Waals surface area contributed by atoms with Crippen molar-refractivity contribution in [2.75, 3.05) is 18.5 Å². The number of amides is 1. The molecule has 4 rings (SSSR count). The van der Waals surface area contributed by atoms with E-state index >= 15 is 0 Å². The average molecular weight is 515 g/mol. The first-order valence-electron chi connectivity index (χ1n) is 11.2. The maximum atomic E-state index is 12.6. The summed E-state index contributed by atoms with van der Waals surface area (Å²) in [7, 11) is 0. The molecule has 1 atom stereocenters. The molecule has 0 saturated carbocycles. The molecule has 2 aromatic heterocycles. The van der Waals surface area contributed by atoms with Crippen LogP contribution in [0.5, 0.6) is 5.88 Å². The average Bonchev–Trinajstić information content (AvgIpc) is 2.84. The smallest absolute Gasteiger partial charge is 0.326 e. The molecular weight excluding hydrogens is 491 g/mol. The standard InChI is InChI=1S/C25H24Cl2N4O4/c26-18-4-1-5-19(27)22(18)24(32)31-20(25(33)34)13-15-6-9-21(29-14-15)35-12-10-17-8-7-16-3-2-11-28-23(16)30-17/h1,4-9,14,20H,2-3,10-13H2,(H,28,30)(H,31,32)(H,33,34)/t20-/m0/s1. The minimum Gasteiger partial charge on any atom is -0.480 e. The van der Waals surface area contributed by atoms with E-state index in [-0.39, 0.29) is 22.0 Å². The van der Waals surface area contributed by atoms with Gasteiger partial charge in [0.15, 0.2) is 0 Å². The molecule has 182 valence electrons. The number of aryl methyl sites for hydroxylation is 1. The molecule has 1 aliphatic rings. The van der Waals surface area contributed by atoms with Gasteiger partial charge in [-0.15, -0.1) is 0 Å². The highest BCUT2D eigenvalue weighted by Crippen LogP contribution is 2.24. The number of rotatable bonds is 9. The molecule has 3 heterocycles. The number of ether oxygens (including phenoxy) is 1. The Bertz CT molecular complexity index is 1200. The number of nitrogens with one attached hydrogen (secondary N) is 2. The predicted octanol–water partition coefficient (Wildman–Crippen LogP) is 4.19. The lowest BCUT2D eigenvalue weighted by atomic mass is 10.1. The Balaban J connectivity index is 1.31. The quantitative estimate of drug-likeness (QED) is 0.392. The van der Waals surface area contributed by atoms with E-state index in [1.54, 1.807) is 18.2 Å². The highest BCUT2D eigenvalue weighted by Gasteiger charge is 2.24. The maximum absolute atomic E-state index is 12.6. The van der Waals surface area contributed by atoms with Crippen LogP contribution >= 0.6 is 23.2 Å². The molecule has 3 aromatic rings. The first-order chi connectivity index (χ1) is 16.9. The lowest BCUT2D eigenvalue weighted by Gasteiger charge is -2.17. The molecule has 0 unspecified atom stereocenters. The van der Waals surface area contributed by atoms with Crippen LogP contribution in [-0.4, -0.2) is 46.1 Å². The molecule has 0 bridgehead atoms. The lowest BCUT2D eigenvalue weighted by molar-refractivity contribution is -0.139. The summed E-state index contributed by atoms with van der Waals surface area (Å²) in [4.78, 5) is 33.2. The number of pyridine rings is 2. The van der Waals surface area contributed by atoms with Crippen LogP contribution in [0.15, 0.2) is 48.7 Å². The molecular formula is C25H24Cl2N4O4. The van der Waals surface area contributed by atoms with E-state index in [2.05, 4.69) is 26.7 Å². The zero-order valence-electron chi connectivity index (χ0n) is 18.8. The SMILES string of the molecule is O=C(N[C@@H](Cc1ccc(OCCc2ccc3c(n2)NCCC3)nc1)C(=O)O)c1c(Cl)cccc1Cl. The van der Waals surface area contributed by atoms with Gasteiger partial charge in [0, 0.05) is 37.3 Å². The van der Waals surface area contributed by atoms with Gasteiger partial charge in [0.05, 0.1) is 22.2 Å². The van der Waals surface area contributed by atoms with Crippen molar-refractivity contribution < 1.29 is 19.4 Å². The summed E-state index contributed by atoms with van der Waals surface area (Å²) in [5.74, 6) is -0.475. The van der Waals surface area contributed by atoms with E-state index in [4.69, 9.17) is 27.9 Å². The number of aliphatic carboxylic acids is 1. The summed E-state index contributed by atoms with van der Waals surface area (Å²) >= 11 is 12.1. The number of fused-ring (bicyclic) bond motifs is 1. The Labute approximate surface area is 212 Å². The Hall–Kier alpha value is -3.36. The van der Waals surface area contributed by atoms with Gasteiger partial charge in [0.25, 0.3) is 5.91 Å². The molecule has 8 nitrogen and oxygen atoms in total. The third kappa shape index (κ3) is 6.41. The molecule has 3 N–H and O–H groups in total. The number of carboxylic acids is 1. The number of nitrogens with zero attached hydrogens (tertiary/aromatic N) is 2. The Morgan fingerprint density at radius 2 is 1.94 bits per heavy atom. The maximum Gasteiger partial charge on any atom is 0.326 e. The zero-order chi connectivity index (χ0) is 24.8. The number of benzene rings is 1. The fraction of sp³-hybridized carbons (Fsp3) is 0.280. The van der Waals surface area contributed by atoms with Crippen molar-refractivity contribution in [3.05, 3.63) is 81.1 Å². The van der Waals surface area contributed by atoms with Crippen molar-refractivity contribution in [1.82, 2.24) is 15.3 Å². The van der Waals surface area contributed by atoms with Gasteiger partial charge in [-0.25, -0.2) is 14.8 Å². The van der Waals surface area contributed by atoms with Crippen molar-refractivity contribution in [3.8, 4) is 5.88 Å². The third-order valence-electron chi connectivity index (χ3n) is 5.59. The molecule has 10 heteroatoms. The second kappa shape index (κ2) is 11.4. The van der Waals surface area contributed by atoms with Crippen molar-refractivity contribution in [3.63, 3.8) is 0 Å². The highest BCUT2D eigenvalue weighted by atomic mass is 35.5. The fourth-order valence-electron chi connectivity index (χ4n) is 3.77. The molecule has 35 heavy (non-hydrogen) atoms. The summed E-state index contributed by atoms with van der Waals surface area (Å²) in [5, 5.41) is 15.7. The van der Waals surface area contributed by atoms with E-state index in [9.17, 15) is 14.7 Å². The number of carboxylic acid groups (broad SMARTS) is 1. The number of hydrogen-bond acceptors (Lipinski definition) is 6. The number of anilines is 1. The van der Waals surface area contributed by atoms with Crippen LogP contribution in [0.1, 0.15) is 33.6 Å². The van der Waals surface area contributed by atoms with Gasteiger partial charge in [-0.2, -0.15) is 0 Å². The van der Waals surface area contributed by atoms with E-state index < -0.39 is 17.9 Å². The summed E-state index contributed by atoms with van der Waals surface area (Å²) < 4.78 is 5.72. The molecule has 1 aliphatic heterocycles. The van der Waals surface area contributed by atoms with Crippen molar-refractivity contribution in [2.45, 2.75) is 31.7 Å². The first-order valence-corrected chi connectivity index (χ1v) is 11.9. The van der Waals surface area contributed by atoms with Gasteiger partial charge in [-0.3, -0.25) is 4.79 Å². The fourth-order valence-corrected chi connectivity index (χ4v) is 4.34. The van der Waals surface area contributed by atoms with Crippen LogP contribution in [0, 0.1) is 0 Å². The van der Waals surface area contributed by atoms with Gasteiger partial charge in [0.2, 0.25) is 5.88 Å². The Morgan fingerprint density at radius 1 is 1.14 bits per heavy atom. The predicted molar refractivity (Wildman–Crippen MR) is 134 cm³/mol. The number of halogens is 2. The number of carbonyl (C=O) groups is 2. The number of hydrogen-bond donors (Lipinski definition) is 3. The van der Waals surface area contributed by atoms with E-state index in [0.717, 1.165) is 30.9 Å². The van der Waals surface area contributed by atoms with E-state index in [0.29, 0.717) is 24.5 Å². The topological polar surface area (TPSA) is 113 Å². The van der Waals surface area contributed by atoms with Crippen molar-refractivity contribution in [1.29, 1.82) is 0 Å². The first kappa shape index (κ1) is 24.8. The van der Waals surface area contributed by atoms with Crippen LogP contribution in [0.3, 0.4) is 0 Å². The van der Waals surface area contributed by atoms with Gasteiger partial charge < -0.3 is 20.5 Å². The van der Waals surface area contributed by atoms with Crippen molar-refractivity contribution in [2.24, 2.45) is 0 Å². The summed E-state index contributed by atoms with van der Waals surface area (Å²) in [5.41, 5.74) is 2.84. The van der Waals surface area contributed by atoms with Crippen LogP contribution < -0.4 is 15.4 Å². The van der Waals surface area contributed by atoms with Crippen LogP contribution in [-0.2, 0) is 24.1 Å².